The standard InChI is InChI=1S/C25H20N2O2S/c1-3-15-27-22-14-13-21(29-2)17-23(22)30-25(27)26-24(28)20-11-9-19(10-12-20)16-18-7-5-4-6-8-18/h1,4-14,17H,15-16H2,2H3. The molecular formula is C25H20N2O2S. The number of amides is 1. The van der Waals surface area contributed by atoms with Crippen LogP contribution in [0.5, 0.6) is 5.75 Å². The number of benzene rings is 3. The summed E-state index contributed by atoms with van der Waals surface area (Å²) in [5, 5.41) is 0. The Morgan fingerprint density at radius 3 is 2.50 bits per heavy atom. The molecule has 0 aliphatic heterocycles. The number of terminal acetylenes is 1. The van der Waals surface area contributed by atoms with Gasteiger partial charge in [-0.2, -0.15) is 4.99 Å². The molecule has 0 saturated carbocycles. The predicted molar refractivity (Wildman–Crippen MR) is 121 cm³/mol. The Hall–Kier alpha value is -3.62. The topological polar surface area (TPSA) is 43.6 Å². The summed E-state index contributed by atoms with van der Waals surface area (Å²) < 4.78 is 8.14. The highest BCUT2D eigenvalue weighted by atomic mass is 32.1. The summed E-state index contributed by atoms with van der Waals surface area (Å²) in [4.78, 5) is 17.7. The molecule has 0 aliphatic rings. The number of hydrogen-bond donors (Lipinski definition) is 0. The van der Waals surface area contributed by atoms with Crippen LogP contribution in [0.4, 0.5) is 0 Å². The van der Waals surface area contributed by atoms with Crippen molar-refractivity contribution in [3.05, 3.63) is 94.3 Å². The number of carbonyl (C=O) groups excluding carboxylic acids is 1. The maximum absolute atomic E-state index is 12.8. The zero-order valence-corrected chi connectivity index (χ0v) is 17.4. The van der Waals surface area contributed by atoms with Crippen molar-refractivity contribution >= 4 is 27.5 Å². The van der Waals surface area contributed by atoms with Gasteiger partial charge in [-0.25, -0.2) is 0 Å². The third-order valence-corrected chi connectivity index (χ3v) is 5.83. The van der Waals surface area contributed by atoms with Crippen molar-refractivity contribution in [2.45, 2.75) is 13.0 Å². The van der Waals surface area contributed by atoms with Crippen LogP contribution in [0.1, 0.15) is 21.5 Å². The van der Waals surface area contributed by atoms with E-state index >= 15 is 0 Å². The third-order valence-electron chi connectivity index (χ3n) is 4.79. The minimum absolute atomic E-state index is 0.287. The highest BCUT2D eigenvalue weighted by molar-refractivity contribution is 7.16. The van der Waals surface area contributed by atoms with Crippen molar-refractivity contribution in [3.63, 3.8) is 0 Å². The van der Waals surface area contributed by atoms with E-state index in [0.717, 1.165) is 28.0 Å². The molecule has 0 aliphatic carbocycles. The minimum atomic E-state index is -0.287. The van der Waals surface area contributed by atoms with Crippen molar-refractivity contribution < 1.29 is 9.53 Å². The van der Waals surface area contributed by atoms with Gasteiger partial charge in [-0.15, -0.1) is 6.42 Å². The van der Waals surface area contributed by atoms with E-state index in [4.69, 9.17) is 11.2 Å². The first-order chi connectivity index (χ1) is 14.7. The minimum Gasteiger partial charge on any atom is -0.497 e. The summed E-state index contributed by atoms with van der Waals surface area (Å²) in [6.07, 6.45) is 6.37. The van der Waals surface area contributed by atoms with E-state index in [9.17, 15) is 4.79 Å². The van der Waals surface area contributed by atoms with E-state index in [1.54, 1.807) is 7.11 Å². The highest BCUT2D eigenvalue weighted by Crippen LogP contribution is 2.23. The second-order valence-corrected chi connectivity index (χ2v) is 7.79. The van der Waals surface area contributed by atoms with E-state index in [-0.39, 0.29) is 5.91 Å². The Balaban J connectivity index is 1.64. The first-order valence-electron chi connectivity index (χ1n) is 9.50. The second-order valence-electron chi connectivity index (χ2n) is 6.78. The Morgan fingerprint density at radius 1 is 1.07 bits per heavy atom. The van der Waals surface area contributed by atoms with Crippen molar-refractivity contribution in [2.75, 3.05) is 7.11 Å². The van der Waals surface area contributed by atoms with E-state index in [0.29, 0.717) is 16.9 Å². The number of fused-ring (bicyclic) bond motifs is 1. The number of hydrogen-bond acceptors (Lipinski definition) is 3. The van der Waals surface area contributed by atoms with Crippen LogP contribution in [0.15, 0.2) is 77.8 Å². The van der Waals surface area contributed by atoms with Crippen molar-refractivity contribution in [1.29, 1.82) is 0 Å². The average Bonchev–Trinajstić information content (AvgIpc) is 3.11. The summed E-state index contributed by atoms with van der Waals surface area (Å²) in [6, 6.07) is 23.6. The Kier molecular flexibility index (Phi) is 5.78. The fraction of sp³-hybridized carbons (Fsp3) is 0.120. The summed E-state index contributed by atoms with van der Waals surface area (Å²) in [7, 11) is 1.63. The van der Waals surface area contributed by atoms with Crippen LogP contribution in [-0.2, 0) is 13.0 Å². The molecule has 30 heavy (non-hydrogen) atoms. The van der Waals surface area contributed by atoms with Gasteiger partial charge in [-0.3, -0.25) is 4.79 Å². The van der Waals surface area contributed by atoms with Crippen LogP contribution >= 0.6 is 11.3 Å². The van der Waals surface area contributed by atoms with Gasteiger partial charge in [0.2, 0.25) is 0 Å². The van der Waals surface area contributed by atoms with Crippen LogP contribution in [0, 0.1) is 12.3 Å². The number of methoxy groups -OCH3 is 1. The van der Waals surface area contributed by atoms with E-state index in [2.05, 4.69) is 23.0 Å². The second kappa shape index (κ2) is 8.81. The lowest BCUT2D eigenvalue weighted by Crippen LogP contribution is -2.16. The molecule has 3 aromatic carbocycles. The van der Waals surface area contributed by atoms with Gasteiger partial charge in [0, 0.05) is 5.56 Å². The van der Waals surface area contributed by atoms with Crippen LogP contribution in [0.25, 0.3) is 10.2 Å². The van der Waals surface area contributed by atoms with Gasteiger partial charge in [0.05, 0.1) is 23.9 Å². The molecule has 1 aromatic heterocycles. The van der Waals surface area contributed by atoms with Gasteiger partial charge < -0.3 is 9.30 Å². The molecule has 0 saturated heterocycles. The van der Waals surface area contributed by atoms with Gasteiger partial charge >= 0.3 is 0 Å². The lowest BCUT2D eigenvalue weighted by atomic mass is 10.0. The largest absolute Gasteiger partial charge is 0.497 e. The van der Waals surface area contributed by atoms with Crippen LogP contribution in [0.3, 0.4) is 0 Å². The zero-order chi connectivity index (χ0) is 20.9. The number of carbonyl (C=O) groups is 1. The van der Waals surface area contributed by atoms with Gasteiger partial charge in [0.15, 0.2) is 4.80 Å². The van der Waals surface area contributed by atoms with Gasteiger partial charge in [0.1, 0.15) is 5.75 Å². The lowest BCUT2D eigenvalue weighted by Gasteiger charge is -2.03. The van der Waals surface area contributed by atoms with Crippen LogP contribution in [0.2, 0.25) is 0 Å². The molecule has 0 N–H and O–H groups in total. The molecule has 4 aromatic rings. The molecule has 1 amide bonds. The highest BCUT2D eigenvalue weighted by Gasteiger charge is 2.10. The summed E-state index contributed by atoms with van der Waals surface area (Å²) in [5.41, 5.74) is 3.86. The van der Waals surface area contributed by atoms with E-state index in [1.807, 2.05) is 65.2 Å². The molecule has 0 radical (unpaired) electrons. The number of ether oxygens (including phenoxy) is 1. The van der Waals surface area contributed by atoms with Crippen molar-refractivity contribution in [2.24, 2.45) is 4.99 Å². The average molecular weight is 413 g/mol. The summed E-state index contributed by atoms with van der Waals surface area (Å²) in [5.74, 6) is 3.11. The molecule has 0 spiro atoms. The molecule has 0 unspecified atom stereocenters. The summed E-state index contributed by atoms with van der Waals surface area (Å²) in [6.45, 7) is 0.342. The first-order valence-corrected chi connectivity index (χ1v) is 10.3. The SMILES string of the molecule is C#CCn1c(=NC(=O)c2ccc(Cc3ccccc3)cc2)sc2cc(OC)ccc21. The maximum atomic E-state index is 12.8. The van der Waals surface area contributed by atoms with E-state index in [1.165, 1.54) is 16.9 Å². The Labute approximate surface area is 179 Å². The zero-order valence-electron chi connectivity index (χ0n) is 16.5. The molecule has 0 fully saturated rings. The Bertz CT molecular complexity index is 1290. The van der Waals surface area contributed by atoms with Gasteiger partial charge in [-0.05, 0) is 47.9 Å². The molecule has 4 rings (SSSR count). The molecular weight excluding hydrogens is 392 g/mol. The smallest absolute Gasteiger partial charge is 0.279 e. The molecule has 4 nitrogen and oxygen atoms in total. The van der Waals surface area contributed by atoms with Crippen LogP contribution < -0.4 is 9.54 Å². The molecule has 5 heteroatoms. The lowest BCUT2D eigenvalue weighted by molar-refractivity contribution is 0.0998. The molecule has 0 bridgehead atoms. The number of thiazole rings is 1. The normalized spacial score (nSPS) is 11.4. The predicted octanol–water partition coefficient (Wildman–Crippen LogP) is 4.68. The van der Waals surface area contributed by atoms with E-state index < -0.39 is 0 Å². The monoisotopic (exact) mass is 412 g/mol. The third kappa shape index (κ3) is 4.19. The molecule has 0 atom stereocenters. The molecule has 1 heterocycles. The number of rotatable bonds is 5. The van der Waals surface area contributed by atoms with Crippen molar-refractivity contribution in [3.8, 4) is 18.1 Å². The maximum Gasteiger partial charge on any atom is 0.279 e. The van der Waals surface area contributed by atoms with Gasteiger partial charge in [-0.1, -0.05) is 59.7 Å². The first kappa shape index (κ1) is 19.7. The molecule has 148 valence electrons. The van der Waals surface area contributed by atoms with Gasteiger partial charge in [0.25, 0.3) is 5.91 Å². The Morgan fingerprint density at radius 2 is 1.80 bits per heavy atom. The fourth-order valence-corrected chi connectivity index (χ4v) is 4.31. The van der Waals surface area contributed by atoms with Crippen LogP contribution in [-0.4, -0.2) is 17.6 Å². The summed E-state index contributed by atoms with van der Waals surface area (Å²) >= 11 is 1.42. The fourth-order valence-electron chi connectivity index (χ4n) is 3.26. The number of aromatic nitrogens is 1. The number of nitrogens with zero attached hydrogens (tertiary/aromatic N) is 2. The quantitative estimate of drug-likeness (QED) is 0.447. The van der Waals surface area contributed by atoms with Crippen molar-refractivity contribution in [1.82, 2.24) is 4.57 Å².